The lowest BCUT2D eigenvalue weighted by Gasteiger charge is -2.34. The molecule has 8 nitrogen and oxygen atoms in total. The standard InChI is InChI=1S/C22H23ClN6O2/c1-31-19-8-6-17(7-9-19)25-20-10-11-24-21(27-20)28-12-14-29(15-13-28)22(30)26-18-4-2-16(23)3-5-18/h2-11H,12-15H2,1H3,(H,26,30)(H,24,25,27). The van der Waals surface area contributed by atoms with E-state index in [1.807, 2.05) is 30.3 Å². The van der Waals surface area contributed by atoms with Crippen LogP contribution >= 0.6 is 11.6 Å². The van der Waals surface area contributed by atoms with Crippen molar-refractivity contribution in [1.82, 2.24) is 14.9 Å². The number of hydrogen-bond donors (Lipinski definition) is 2. The summed E-state index contributed by atoms with van der Waals surface area (Å²) in [6.45, 7) is 2.47. The number of carbonyl (C=O) groups is 1. The number of nitrogens with one attached hydrogen (secondary N) is 2. The molecule has 0 spiro atoms. The number of anilines is 4. The van der Waals surface area contributed by atoms with Crippen molar-refractivity contribution in [3.63, 3.8) is 0 Å². The van der Waals surface area contributed by atoms with Gasteiger partial charge in [-0.25, -0.2) is 9.78 Å². The summed E-state index contributed by atoms with van der Waals surface area (Å²) in [6, 6.07) is 16.4. The van der Waals surface area contributed by atoms with Gasteiger partial charge in [-0.1, -0.05) is 11.6 Å². The van der Waals surface area contributed by atoms with Gasteiger partial charge in [0.1, 0.15) is 11.6 Å². The van der Waals surface area contributed by atoms with Gasteiger partial charge in [0, 0.05) is 48.8 Å². The summed E-state index contributed by atoms with van der Waals surface area (Å²) in [6.07, 6.45) is 1.73. The summed E-state index contributed by atoms with van der Waals surface area (Å²) in [5.74, 6) is 2.14. The lowest BCUT2D eigenvalue weighted by molar-refractivity contribution is 0.208. The van der Waals surface area contributed by atoms with Gasteiger partial charge in [-0.3, -0.25) is 0 Å². The van der Waals surface area contributed by atoms with Gasteiger partial charge in [-0.2, -0.15) is 4.98 Å². The molecule has 1 aliphatic rings. The Hall–Kier alpha value is -3.52. The maximum Gasteiger partial charge on any atom is 0.321 e. The first-order valence-corrected chi connectivity index (χ1v) is 10.3. The van der Waals surface area contributed by atoms with Crippen molar-refractivity contribution in [2.75, 3.05) is 48.8 Å². The van der Waals surface area contributed by atoms with Crippen LogP contribution in [0.3, 0.4) is 0 Å². The minimum Gasteiger partial charge on any atom is -0.497 e. The van der Waals surface area contributed by atoms with Gasteiger partial charge in [-0.15, -0.1) is 0 Å². The number of nitrogens with zero attached hydrogens (tertiary/aromatic N) is 4. The van der Waals surface area contributed by atoms with Gasteiger partial charge >= 0.3 is 6.03 Å². The number of ether oxygens (including phenoxy) is 1. The van der Waals surface area contributed by atoms with Gasteiger partial charge in [0.2, 0.25) is 5.95 Å². The Balaban J connectivity index is 1.33. The van der Waals surface area contributed by atoms with Crippen LogP contribution in [0.1, 0.15) is 0 Å². The molecular formula is C22H23ClN6O2. The molecule has 0 bridgehead atoms. The number of carbonyl (C=O) groups excluding carboxylic acids is 1. The van der Waals surface area contributed by atoms with Gasteiger partial charge in [0.25, 0.3) is 0 Å². The highest BCUT2D eigenvalue weighted by molar-refractivity contribution is 6.30. The zero-order valence-electron chi connectivity index (χ0n) is 17.1. The van der Waals surface area contributed by atoms with Crippen LogP contribution < -0.4 is 20.3 Å². The molecular weight excluding hydrogens is 416 g/mol. The highest BCUT2D eigenvalue weighted by Gasteiger charge is 2.22. The summed E-state index contributed by atoms with van der Waals surface area (Å²) in [4.78, 5) is 25.4. The fraction of sp³-hybridized carbons (Fsp3) is 0.227. The second-order valence-corrected chi connectivity index (χ2v) is 7.44. The Morgan fingerprint density at radius 2 is 1.65 bits per heavy atom. The summed E-state index contributed by atoms with van der Waals surface area (Å²) >= 11 is 5.89. The van der Waals surface area contributed by atoms with E-state index in [1.165, 1.54) is 0 Å². The lowest BCUT2D eigenvalue weighted by Crippen LogP contribution is -2.50. The summed E-state index contributed by atoms with van der Waals surface area (Å²) in [5.41, 5.74) is 1.63. The van der Waals surface area contributed by atoms with E-state index in [4.69, 9.17) is 16.3 Å². The molecule has 160 valence electrons. The Morgan fingerprint density at radius 3 is 2.32 bits per heavy atom. The number of amides is 2. The number of halogens is 1. The van der Waals surface area contributed by atoms with Crippen molar-refractivity contribution in [2.24, 2.45) is 0 Å². The zero-order chi connectivity index (χ0) is 21.6. The number of hydrogen-bond acceptors (Lipinski definition) is 6. The Bertz CT molecular complexity index is 1020. The van der Waals surface area contributed by atoms with Crippen LogP contribution in [-0.2, 0) is 0 Å². The van der Waals surface area contributed by atoms with Crippen molar-refractivity contribution in [1.29, 1.82) is 0 Å². The number of rotatable bonds is 5. The SMILES string of the molecule is COc1ccc(Nc2ccnc(N3CCN(C(=O)Nc4ccc(Cl)cc4)CC3)n2)cc1. The van der Waals surface area contributed by atoms with Crippen LogP contribution in [0.4, 0.5) is 27.9 Å². The monoisotopic (exact) mass is 438 g/mol. The zero-order valence-corrected chi connectivity index (χ0v) is 17.8. The molecule has 0 saturated carbocycles. The molecule has 9 heteroatoms. The maximum atomic E-state index is 12.5. The normalized spacial score (nSPS) is 13.6. The van der Waals surface area contributed by atoms with Crippen molar-refractivity contribution in [2.45, 2.75) is 0 Å². The van der Waals surface area contributed by atoms with Crippen LogP contribution in [0.15, 0.2) is 60.8 Å². The molecule has 2 N–H and O–H groups in total. The van der Waals surface area contributed by atoms with E-state index in [9.17, 15) is 4.79 Å². The molecule has 1 fully saturated rings. The topological polar surface area (TPSA) is 82.6 Å². The van der Waals surface area contributed by atoms with E-state index in [1.54, 1.807) is 42.5 Å². The molecule has 0 radical (unpaired) electrons. The summed E-state index contributed by atoms with van der Waals surface area (Å²) < 4.78 is 5.18. The quantitative estimate of drug-likeness (QED) is 0.620. The minimum atomic E-state index is -0.127. The van der Waals surface area contributed by atoms with Crippen molar-refractivity contribution in [3.8, 4) is 5.75 Å². The molecule has 3 aromatic rings. The van der Waals surface area contributed by atoms with Crippen molar-refractivity contribution < 1.29 is 9.53 Å². The summed E-state index contributed by atoms with van der Waals surface area (Å²) in [5, 5.41) is 6.81. The first kappa shape index (κ1) is 20.7. The molecule has 1 aliphatic heterocycles. The maximum absolute atomic E-state index is 12.5. The molecule has 2 amide bonds. The number of methoxy groups -OCH3 is 1. The van der Waals surface area contributed by atoms with Crippen molar-refractivity contribution in [3.05, 3.63) is 65.8 Å². The van der Waals surface area contributed by atoms with Crippen LogP contribution in [0.25, 0.3) is 0 Å². The second-order valence-electron chi connectivity index (χ2n) is 7.01. The number of urea groups is 1. The van der Waals surface area contributed by atoms with E-state index < -0.39 is 0 Å². The largest absolute Gasteiger partial charge is 0.497 e. The first-order valence-electron chi connectivity index (χ1n) is 9.91. The van der Waals surface area contributed by atoms with Gasteiger partial charge in [-0.05, 0) is 54.6 Å². The third-order valence-corrected chi connectivity index (χ3v) is 5.20. The predicted molar refractivity (Wildman–Crippen MR) is 123 cm³/mol. The van der Waals surface area contributed by atoms with Crippen LogP contribution in [0, 0.1) is 0 Å². The average molecular weight is 439 g/mol. The minimum absolute atomic E-state index is 0.127. The van der Waals surface area contributed by atoms with Crippen LogP contribution in [0.5, 0.6) is 5.75 Å². The second kappa shape index (κ2) is 9.53. The van der Waals surface area contributed by atoms with E-state index in [-0.39, 0.29) is 6.03 Å². The fourth-order valence-electron chi connectivity index (χ4n) is 3.24. The van der Waals surface area contributed by atoms with E-state index in [0.29, 0.717) is 43.0 Å². The van der Waals surface area contributed by atoms with Crippen LogP contribution in [-0.4, -0.2) is 54.2 Å². The lowest BCUT2D eigenvalue weighted by atomic mass is 10.3. The Labute approximate surface area is 185 Å². The van der Waals surface area contributed by atoms with Crippen molar-refractivity contribution >= 4 is 40.8 Å². The Kier molecular flexibility index (Phi) is 6.37. The van der Waals surface area contributed by atoms with Gasteiger partial charge < -0.3 is 25.2 Å². The Morgan fingerprint density at radius 1 is 0.968 bits per heavy atom. The molecule has 0 atom stereocenters. The molecule has 0 unspecified atom stereocenters. The molecule has 4 rings (SSSR count). The highest BCUT2D eigenvalue weighted by Crippen LogP contribution is 2.21. The number of aromatic nitrogens is 2. The molecule has 0 aliphatic carbocycles. The van der Waals surface area contributed by atoms with E-state index in [0.717, 1.165) is 17.1 Å². The predicted octanol–water partition coefficient (Wildman–Crippen LogP) is 4.24. The highest BCUT2D eigenvalue weighted by atomic mass is 35.5. The molecule has 2 aromatic carbocycles. The first-order chi connectivity index (χ1) is 15.1. The molecule has 31 heavy (non-hydrogen) atoms. The number of benzene rings is 2. The molecule has 1 aromatic heterocycles. The summed E-state index contributed by atoms with van der Waals surface area (Å²) in [7, 11) is 1.64. The number of piperazine rings is 1. The molecule has 2 heterocycles. The molecule has 1 saturated heterocycles. The van der Waals surface area contributed by atoms with Crippen LogP contribution in [0.2, 0.25) is 5.02 Å². The smallest absolute Gasteiger partial charge is 0.321 e. The fourth-order valence-corrected chi connectivity index (χ4v) is 3.36. The van der Waals surface area contributed by atoms with Gasteiger partial charge in [0.15, 0.2) is 0 Å². The average Bonchev–Trinajstić information content (AvgIpc) is 2.81. The van der Waals surface area contributed by atoms with E-state index in [2.05, 4.69) is 25.5 Å². The van der Waals surface area contributed by atoms with Gasteiger partial charge in [0.05, 0.1) is 7.11 Å². The third kappa shape index (κ3) is 5.35. The van der Waals surface area contributed by atoms with E-state index >= 15 is 0 Å². The third-order valence-electron chi connectivity index (χ3n) is 4.95.